The lowest BCUT2D eigenvalue weighted by Gasteiger charge is -2.37. The monoisotopic (exact) mass is 572 g/mol. The summed E-state index contributed by atoms with van der Waals surface area (Å²) in [5, 5.41) is 2.61. The van der Waals surface area contributed by atoms with E-state index >= 15 is 8.78 Å². The number of ether oxygens (including phenoxy) is 1. The van der Waals surface area contributed by atoms with Crippen LogP contribution < -0.4 is 20.7 Å². The first-order chi connectivity index (χ1) is 17.2. The molecule has 3 heterocycles. The van der Waals surface area contributed by atoms with Crippen molar-refractivity contribution in [1.82, 2.24) is 4.98 Å². The van der Waals surface area contributed by atoms with E-state index in [0.717, 1.165) is 24.6 Å². The number of amides is 1. The molecule has 1 aromatic heterocycles. The number of hydrogen-bond acceptors (Lipinski definition) is 5. The molecule has 6 nitrogen and oxygen atoms in total. The minimum atomic E-state index is -1.37. The van der Waals surface area contributed by atoms with Crippen LogP contribution in [0.15, 0.2) is 36.7 Å². The van der Waals surface area contributed by atoms with Crippen LogP contribution in [0.3, 0.4) is 0 Å². The van der Waals surface area contributed by atoms with Gasteiger partial charge in [-0.3, -0.25) is 9.78 Å². The number of nitrogens with two attached hydrogens (primary N) is 1. The summed E-state index contributed by atoms with van der Waals surface area (Å²) in [6.07, 6.45) is 3.99. The Morgan fingerprint density at radius 2 is 1.82 bits per heavy atom. The van der Waals surface area contributed by atoms with Gasteiger partial charge >= 0.3 is 0 Å². The second kappa shape index (κ2) is 11.8. The maximum absolute atomic E-state index is 15.5. The van der Waals surface area contributed by atoms with Crippen molar-refractivity contribution in [2.45, 2.75) is 25.8 Å². The lowest BCUT2D eigenvalue weighted by molar-refractivity contribution is 0.102. The van der Waals surface area contributed by atoms with Gasteiger partial charge in [-0.2, -0.15) is 0 Å². The average molecular weight is 573 g/mol. The Morgan fingerprint density at radius 3 is 2.55 bits per heavy atom. The Hall–Kier alpha value is -3.08. The highest BCUT2D eigenvalue weighted by Gasteiger charge is 2.30. The van der Waals surface area contributed by atoms with E-state index in [1.807, 2.05) is 4.90 Å². The fraction of sp³-hybridized carbons (Fsp3) is 0.308. The third kappa shape index (κ3) is 5.39. The molecule has 1 amide bonds. The Morgan fingerprint density at radius 1 is 1.08 bits per heavy atom. The molecule has 1 saturated heterocycles. The largest absolute Gasteiger partial charge is 0.493 e. The number of carbonyl (C=O) groups is 1. The number of piperidine rings is 1. The summed E-state index contributed by atoms with van der Waals surface area (Å²) >= 11 is 0. The lowest BCUT2D eigenvalue weighted by atomic mass is 9.96. The predicted octanol–water partition coefficient (Wildman–Crippen LogP) is 5.51. The molecule has 204 valence electrons. The van der Waals surface area contributed by atoms with Crippen molar-refractivity contribution < 1.29 is 27.1 Å². The van der Waals surface area contributed by atoms with Crippen LogP contribution in [0, 0.1) is 29.2 Å². The number of halogens is 6. The molecule has 2 aliphatic rings. The number of pyridine rings is 1. The Balaban J connectivity index is 0.00000200. The molecule has 2 atom stereocenters. The van der Waals surface area contributed by atoms with Crippen LogP contribution in [-0.4, -0.2) is 36.6 Å². The number of fused-ring (bicyclic) bond motifs is 1. The average Bonchev–Trinajstić information content (AvgIpc) is 3.29. The van der Waals surface area contributed by atoms with Gasteiger partial charge in [-0.25, -0.2) is 17.6 Å². The third-order valence-electron chi connectivity index (χ3n) is 6.55. The fourth-order valence-electron chi connectivity index (χ4n) is 4.99. The second-order valence-electron chi connectivity index (χ2n) is 9.26. The van der Waals surface area contributed by atoms with E-state index < -0.39 is 45.9 Å². The van der Waals surface area contributed by atoms with E-state index in [4.69, 9.17) is 10.5 Å². The summed E-state index contributed by atoms with van der Waals surface area (Å²) in [5.74, 6) is -5.45. The van der Waals surface area contributed by atoms with Gasteiger partial charge in [0.15, 0.2) is 0 Å². The summed E-state index contributed by atoms with van der Waals surface area (Å²) in [5.41, 5.74) is 4.76. The van der Waals surface area contributed by atoms with Crippen molar-refractivity contribution in [1.29, 1.82) is 0 Å². The molecule has 0 bridgehead atoms. The number of nitrogens with one attached hydrogen (secondary N) is 1. The molecule has 0 saturated carbocycles. The first-order valence-electron chi connectivity index (χ1n) is 11.6. The van der Waals surface area contributed by atoms with Gasteiger partial charge in [-0.15, -0.1) is 24.8 Å². The van der Waals surface area contributed by atoms with E-state index in [0.29, 0.717) is 30.4 Å². The van der Waals surface area contributed by atoms with Crippen LogP contribution in [0.2, 0.25) is 0 Å². The molecule has 0 aliphatic carbocycles. The Kier molecular flexibility index (Phi) is 9.12. The quantitative estimate of drug-likeness (QED) is 0.403. The number of nitrogens with zero attached hydrogens (tertiary/aromatic N) is 2. The van der Waals surface area contributed by atoms with Crippen molar-refractivity contribution in [2.75, 3.05) is 29.9 Å². The van der Waals surface area contributed by atoms with Gasteiger partial charge in [0.05, 0.1) is 40.9 Å². The van der Waals surface area contributed by atoms with Crippen molar-refractivity contribution in [3.63, 3.8) is 0 Å². The molecule has 5 rings (SSSR count). The van der Waals surface area contributed by atoms with Gasteiger partial charge in [-0.05, 0) is 30.5 Å². The fourth-order valence-corrected chi connectivity index (χ4v) is 4.99. The Bertz CT molecular complexity index is 1350. The van der Waals surface area contributed by atoms with Crippen LogP contribution in [-0.2, 0) is 6.42 Å². The van der Waals surface area contributed by atoms with Gasteiger partial charge in [0, 0.05) is 43.4 Å². The molecule has 2 aromatic carbocycles. The van der Waals surface area contributed by atoms with Crippen molar-refractivity contribution >= 4 is 42.1 Å². The number of aromatic nitrogens is 1. The summed E-state index contributed by atoms with van der Waals surface area (Å²) in [6.45, 7) is 3.48. The van der Waals surface area contributed by atoms with Gasteiger partial charge in [-0.1, -0.05) is 6.92 Å². The molecule has 0 radical (unpaired) electrons. The minimum Gasteiger partial charge on any atom is -0.493 e. The number of carbonyl (C=O) groups excluding carboxylic acids is 1. The molecular weight excluding hydrogens is 547 g/mol. The molecule has 0 unspecified atom stereocenters. The summed E-state index contributed by atoms with van der Waals surface area (Å²) in [6, 6.07) is 4.31. The molecule has 1 fully saturated rings. The maximum atomic E-state index is 15.5. The van der Waals surface area contributed by atoms with E-state index in [1.165, 1.54) is 6.20 Å². The van der Waals surface area contributed by atoms with Crippen molar-refractivity contribution in [2.24, 2.45) is 11.7 Å². The number of hydrogen-bond donors (Lipinski definition) is 2. The molecule has 12 heteroatoms. The van der Waals surface area contributed by atoms with Gasteiger partial charge in [0.25, 0.3) is 5.91 Å². The van der Waals surface area contributed by atoms with Gasteiger partial charge in [0.1, 0.15) is 29.0 Å². The number of benzene rings is 2. The van der Waals surface area contributed by atoms with E-state index in [2.05, 4.69) is 17.2 Å². The first kappa shape index (κ1) is 29.5. The molecule has 2 aliphatic heterocycles. The summed E-state index contributed by atoms with van der Waals surface area (Å²) < 4.78 is 65.3. The molecule has 38 heavy (non-hydrogen) atoms. The molecule has 3 aromatic rings. The maximum Gasteiger partial charge on any atom is 0.258 e. The smallest absolute Gasteiger partial charge is 0.258 e. The van der Waals surface area contributed by atoms with Crippen LogP contribution in [0.5, 0.6) is 5.75 Å². The second-order valence-corrected chi connectivity index (χ2v) is 9.26. The topological polar surface area (TPSA) is 80.5 Å². The molecular formula is C26H26Cl2F4N4O2. The minimum absolute atomic E-state index is 0. The van der Waals surface area contributed by atoms with E-state index in [1.54, 1.807) is 12.3 Å². The predicted molar refractivity (Wildman–Crippen MR) is 142 cm³/mol. The van der Waals surface area contributed by atoms with Gasteiger partial charge in [0.2, 0.25) is 0 Å². The van der Waals surface area contributed by atoms with Crippen LogP contribution in [0.25, 0.3) is 11.1 Å². The highest BCUT2D eigenvalue weighted by molar-refractivity contribution is 6.06. The molecule has 3 N–H and O–H groups in total. The Labute approximate surface area is 229 Å². The number of rotatable bonds is 4. The molecule has 0 spiro atoms. The highest BCUT2D eigenvalue weighted by Crippen LogP contribution is 2.39. The zero-order valence-electron chi connectivity index (χ0n) is 20.3. The van der Waals surface area contributed by atoms with Crippen LogP contribution in [0.4, 0.5) is 28.9 Å². The van der Waals surface area contributed by atoms with Gasteiger partial charge < -0.3 is 20.7 Å². The normalized spacial score (nSPS) is 18.1. The zero-order chi connectivity index (χ0) is 25.6. The van der Waals surface area contributed by atoms with Crippen LogP contribution in [0.1, 0.15) is 29.3 Å². The van der Waals surface area contributed by atoms with E-state index in [-0.39, 0.29) is 55.2 Å². The summed E-state index contributed by atoms with van der Waals surface area (Å²) in [7, 11) is 0. The first-order valence-corrected chi connectivity index (χ1v) is 11.6. The third-order valence-corrected chi connectivity index (χ3v) is 6.55. The summed E-state index contributed by atoms with van der Waals surface area (Å²) in [4.78, 5) is 19.2. The standard InChI is InChI=1S/C26H24F4N4O2.2ClH/c1-13-8-14(31)12-34(11-13)20-4-6-32-10-19(20)33-26(35)16-2-3-17(27)22(25(16)30)23-18(28)9-21-15(24(23)29)5-7-36-21;;/h2-4,6,9-10,13-14H,5,7-8,11-12,31H2,1H3,(H,33,35);2*1H/t13-,14+;;/m1../s1. The lowest BCUT2D eigenvalue weighted by Crippen LogP contribution is -2.46. The SMILES string of the molecule is C[C@@H]1C[C@H](N)CN(c2ccncc2NC(=O)c2ccc(F)c(-c3c(F)cc4c(c3F)CCO4)c2F)C1.Cl.Cl. The number of anilines is 2. The zero-order valence-corrected chi connectivity index (χ0v) is 21.9. The van der Waals surface area contributed by atoms with Crippen molar-refractivity contribution in [3.05, 3.63) is 71.1 Å². The van der Waals surface area contributed by atoms with Crippen LogP contribution >= 0.6 is 24.8 Å². The van der Waals surface area contributed by atoms with E-state index in [9.17, 15) is 13.6 Å². The highest BCUT2D eigenvalue weighted by atomic mass is 35.5. The van der Waals surface area contributed by atoms with Crippen molar-refractivity contribution in [3.8, 4) is 16.9 Å².